The summed E-state index contributed by atoms with van der Waals surface area (Å²) in [5.41, 5.74) is -0.833. The molecule has 0 radical (unpaired) electrons. The highest BCUT2D eigenvalue weighted by molar-refractivity contribution is 7.89. The molecule has 9 heteroatoms. The van der Waals surface area contributed by atoms with E-state index in [9.17, 15) is 21.6 Å². The smallest absolute Gasteiger partial charge is 0.383 e. The zero-order valence-electron chi connectivity index (χ0n) is 11.2. The van der Waals surface area contributed by atoms with Crippen LogP contribution < -0.4 is 10.0 Å². The molecule has 0 amide bonds. The van der Waals surface area contributed by atoms with Crippen LogP contribution in [0.3, 0.4) is 0 Å². The van der Waals surface area contributed by atoms with Gasteiger partial charge in [-0.25, -0.2) is 13.1 Å². The van der Waals surface area contributed by atoms with Gasteiger partial charge in [0.15, 0.2) is 0 Å². The van der Waals surface area contributed by atoms with Gasteiger partial charge in [0.2, 0.25) is 10.0 Å². The summed E-state index contributed by atoms with van der Waals surface area (Å²) in [5, 5.41) is 11.6. The van der Waals surface area contributed by atoms with Gasteiger partial charge in [0.05, 0.1) is 22.6 Å². The van der Waals surface area contributed by atoms with Crippen LogP contribution in [-0.2, 0) is 16.2 Å². The Bertz CT molecular complexity index is 636. The Morgan fingerprint density at radius 3 is 2.48 bits per heavy atom. The van der Waals surface area contributed by atoms with Crippen LogP contribution in [0.2, 0.25) is 0 Å². The molecule has 1 rings (SSSR count). The van der Waals surface area contributed by atoms with Crippen molar-refractivity contribution in [3.05, 3.63) is 29.3 Å². The first-order valence-corrected chi connectivity index (χ1v) is 7.67. The summed E-state index contributed by atoms with van der Waals surface area (Å²) >= 11 is 0. The van der Waals surface area contributed by atoms with Gasteiger partial charge in [0.25, 0.3) is 0 Å². The van der Waals surface area contributed by atoms with Crippen molar-refractivity contribution in [2.24, 2.45) is 0 Å². The van der Waals surface area contributed by atoms with Crippen LogP contribution in [0.4, 0.5) is 18.9 Å². The average molecular weight is 321 g/mol. The third-order valence-corrected chi connectivity index (χ3v) is 4.01. The van der Waals surface area contributed by atoms with E-state index in [0.717, 1.165) is 18.2 Å². The third kappa shape index (κ3) is 5.24. The van der Waals surface area contributed by atoms with Crippen LogP contribution >= 0.6 is 0 Å². The summed E-state index contributed by atoms with van der Waals surface area (Å²) in [6, 6.07) is 4.43. The molecule has 21 heavy (non-hydrogen) atoms. The van der Waals surface area contributed by atoms with Gasteiger partial charge in [-0.15, -0.1) is 0 Å². The Morgan fingerprint density at radius 1 is 1.29 bits per heavy atom. The van der Waals surface area contributed by atoms with Gasteiger partial charge in [-0.3, -0.25) is 0 Å². The lowest BCUT2D eigenvalue weighted by molar-refractivity contribution is -0.137. The van der Waals surface area contributed by atoms with Gasteiger partial charge in [-0.2, -0.15) is 18.4 Å². The Morgan fingerprint density at radius 2 is 1.95 bits per heavy atom. The Labute approximate surface area is 120 Å². The van der Waals surface area contributed by atoms with Crippen molar-refractivity contribution < 1.29 is 21.6 Å². The van der Waals surface area contributed by atoms with Crippen molar-refractivity contribution in [2.75, 3.05) is 24.2 Å². The van der Waals surface area contributed by atoms with E-state index >= 15 is 0 Å². The first-order chi connectivity index (χ1) is 9.69. The maximum absolute atomic E-state index is 12.5. The fourth-order valence-electron chi connectivity index (χ4n) is 1.47. The van der Waals surface area contributed by atoms with Gasteiger partial charge in [0.1, 0.15) is 6.07 Å². The molecule has 116 valence electrons. The molecule has 0 bridgehead atoms. The first kappa shape index (κ1) is 17.3. The van der Waals surface area contributed by atoms with E-state index in [0.29, 0.717) is 0 Å². The zero-order valence-corrected chi connectivity index (χ0v) is 12.0. The van der Waals surface area contributed by atoms with E-state index in [2.05, 4.69) is 10.0 Å². The molecule has 0 saturated heterocycles. The van der Waals surface area contributed by atoms with Crippen molar-refractivity contribution >= 4 is 15.7 Å². The largest absolute Gasteiger partial charge is 0.416 e. The molecular formula is C12H14F3N3O2S. The van der Waals surface area contributed by atoms with Crippen LogP contribution in [0.25, 0.3) is 0 Å². The van der Waals surface area contributed by atoms with Crippen molar-refractivity contribution in [3.8, 4) is 6.07 Å². The number of hydrogen-bond donors (Lipinski definition) is 2. The predicted molar refractivity (Wildman–Crippen MR) is 72.1 cm³/mol. The van der Waals surface area contributed by atoms with E-state index in [1.54, 1.807) is 6.07 Å². The molecule has 0 aliphatic heterocycles. The molecule has 0 spiro atoms. The summed E-state index contributed by atoms with van der Waals surface area (Å²) in [5.74, 6) is -0.0588. The maximum Gasteiger partial charge on any atom is 0.416 e. The zero-order chi connectivity index (χ0) is 16.1. The van der Waals surface area contributed by atoms with E-state index < -0.39 is 21.8 Å². The fraction of sp³-hybridized carbons (Fsp3) is 0.417. The molecule has 2 N–H and O–H groups in total. The van der Waals surface area contributed by atoms with Crippen LogP contribution in [0, 0.1) is 11.3 Å². The van der Waals surface area contributed by atoms with Gasteiger partial charge in [0, 0.05) is 13.1 Å². The minimum absolute atomic E-state index is 0.0588. The number of sulfonamides is 1. The van der Waals surface area contributed by atoms with Crippen LogP contribution in [0.1, 0.15) is 18.1 Å². The van der Waals surface area contributed by atoms with Crippen molar-refractivity contribution in [1.82, 2.24) is 4.72 Å². The molecule has 0 aliphatic carbocycles. The summed E-state index contributed by atoms with van der Waals surface area (Å²) in [6.45, 7) is 1.71. The number of rotatable bonds is 6. The van der Waals surface area contributed by atoms with Gasteiger partial charge in [-0.1, -0.05) is 0 Å². The topological polar surface area (TPSA) is 82.0 Å². The average Bonchev–Trinajstić information content (AvgIpc) is 2.42. The second-order valence-electron chi connectivity index (χ2n) is 4.09. The van der Waals surface area contributed by atoms with E-state index in [1.165, 1.54) is 6.92 Å². The number of nitriles is 1. The normalized spacial score (nSPS) is 12.0. The second kappa shape index (κ2) is 6.78. The van der Waals surface area contributed by atoms with Gasteiger partial charge < -0.3 is 5.32 Å². The maximum atomic E-state index is 12.5. The predicted octanol–water partition coefficient (Wildman–Crippen LogP) is 1.93. The Hall–Kier alpha value is -1.79. The lowest BCUT2D eigenvalue weighted by atomic mass is 10.1. The number of nitrogens with one attached hydrogen (secondary N) is 2. The molecule has 0 fully saturated rings. The van der Waals surface area contributed by atoms with Crippen LogP contribution in [0.5, 0.6) is 0 Å². The highest BCUT2D eigenvalue weighted by Gasteiger charge is 2.31. The molecule has 0 aliphatic rings. The molecular weight excluding hydrogens is 307 g/mol. The summed E-state index contributed by atoms with van der Waals surface area (Å²) in [6.07, 6.45) is -4.51. The summed E-state index contributed by atoms with van der Waals surface area (Å²) in [7, 11) is -3.32. The molecule has 0 heterocycles. The molecule has 0 aromatic heterocycles. The van der Waals surface area contributed by atoms with Crippen molar-refractivity contribution in [3.63, 3.8) is 0 Å². The fourth-order valence-corrected chi connectivity index (χ4v) is 2.09. The number of nitrogens with zero attached hydrogens (tertiary/aromatic N) is 1. The number of anilines is 1. The number of alkyl halides is 3. The number of benzene rings is 1. The summed E-state index contributed by atoms with van der Waals surface area (Å²) in [4.78, 5) is 0. The van der Waals surface area contributed by atoms with Crippen molar-refractivity contribution in [2.45, 2.75) is 13.1 Å². The minimum atomic E-state index is -4.51. The van der Waals surface area contributed by atoms with Crippen LogP contribution in [0.15, 0.2) is 18.2 Å². The second-order valence-corrected chi connectivity index (χ2v) is 6.19. The van der Waals surface area contributed by atoms with E-state index in [4.69, 9.17) is 5.26 Å². The monoisotopic (exact) mass is 321 g/mol. The summed E-state index contributed by atoms with van der Waals surface area (Å²) < 4.78 is 62.2. The Balaban J connectivity index is 2.71. The lowest BCUT2D eigenvalue weighted by Gasteiger charge is -2.12. The quantitative estimate of drug-likeness (QED) is 0.784. The number of hydrogen-bond acceptors (Lipinski definition) is 4. The highest BCUT2D eigenvalue weighted by atomic mass is 32.2. The van der Waals surface area contributed by atoms with Gasteiger partial charge >= 0.3 is 6.18 Å². The van der Waals surface area contributed by atoms with E-state index in [-0.39, 0.29) is 30.1 Å². The Kier molecular flexibility index (Phi) is 5.57. The SMILES string of the molecule is CCS(=O)(=O)NCCNc1ccc(C(F)(F)F)cc1C#N. The van der Waals surface area contributed by atoms with E-state index in [1.807, 2.05) is 0 Å². The molecule has 5 nitrogen and oxygen atoms in total. The standard InChI is InChI=1S/C12H14F3N3O2S/c1-2-21(19,20)18-6-5-17-11-4-3-10(12(13,14)15)7-9(11)8-16/h3-4,7,17-18H,2,5-6H2,1H3. The lowest BCUT2D eigenvalue weighted by Crippen LogP contribution is -2.30. The molecule has 1 aromatic carbocycles. The molecule has 0 saturated carbocycles. The molecule has 0 unspecified atom stereocenters. The van der Waals surface area contributed by atoms with Gasteiger partial charge in [-0.05, 0) is 25.1 Å². The van der Waals surface area contributed by atoms with Crippen molar-refractivity contribution in [1.29, 1.82) is 5.26 Å². The first-order valence-electron chi connectivity index (χ1n) is 6.02. The van der Waals surface area contributed by atoms with Crippen LogP contribution in [-0.4, -0.2) is 27.3 Å². The minimum Gasteiger partial charge on any atom is -0.383 e. The third-order valence-electron chi connectivity index (χ3n) is 2.61. The molecule has 0 atom stereocenters. The molecule has 1 aromatic rings. The number of halogens is 3. The highest BCUT2D eigenvalue weighted by Crippen LogP contribution is 2.31.